The number of rotatable bonds is 3. The molecule has 4 nitrogen and oxygen atoms in total. The van der Waals surface area contributed by atoms with E-state index < -0.39 is 11.7 Å². The molecule has 1 heterocycles. The van der Waals surface area contributed by atoms with Crippen molar-refractivity contribution in [3.63, 3.8) is 0 Å². The maximum atomic E-state index is 12.7. The topological polar surface area (TPSA) is 75.6 Å². The molecule has 1 aromatic heterocycles. The van der Waals surface area contributed by atoms with Crippen LogP contribution < -0.4 is 5.73 Å². The summed E-state index contributed by atoms with van der Waals surface area (Å²) >= 11 is 1.15. The molecule has 2 N–H and O–H groups in total. The Labute approximate surface area is 129 Å². The number of nitriles is 1. The molecule has 22 heavy (non-hydrogen) atoms. The van der Waals surface area contributed by atoms with Crippen LogP contribution in [0, 0.1) is 18.3 Å². The van der Waals surface area contributed by atoms with Crippen LogP contribution in [0.4, 0.5) is 19.1 Å². The van der Waals surface area contributed by atoms with Crippen molar-refractivity contribution in [3.8, 4) is 6.07 Å². The van der Waals surface area contributed by atoms with Gasteiger partial charge in [0.05, 0.1) is 11.3 Å². The van der Waals surface area contributed by atoms with E-state index >= 15 is 0 Å². The van der Waals surface area contributed by atoms with Crippen molar-refractivity contribution in [3.05, 3.63) is 46.6 Å². The molecule has 1 aromatic carbocycles. The van der Waals surface area contributed by atoms with Gasteiger partial charge in [0.1, 0.15) is 16.7 Å². The van der Waals surface area contributed by atoms with Gasteiger partial charge in [0.15, 0.2) is 0 Å². The van der Waals surface area contributed by atoms with Crippen molar-refractivity contribution < 1.29 is 13.2 Å². The minimum atomic E-state index is -4.38. The summed E-state index contributed by atoms with van der Waals surface area (Å²) in [5.74, 6) is 0.275. The van der Waals surface area contributed by atoms with Gasteiger partial charge in [-0.1, -0.05) is 18.2 Å². The zero-order valence-electron chi connectivity index (χ0n) is 11.5. The van der Waals surface area contributed by atoms with Gasteiger partial charge in [-0.25, -0.2) is 9.97 Å². The van der Waals surface area contributed by atoms with Crippen LogP contribution in [0.5, 0.6) is 0 Å². The molecule has 0 radical (unpaired) electrons. The Morgan fingerprint density at radius 3 is 2.68 bits per heavy atom. The zero-order chi connectivity index (χ0) is 16.3. The molecule has 2 rings (SSSR count). The summed E-state index contributed by atoms with van der Waals surface area (Å²) in [6, 6.07) is 7.02. The molecule has 8 heteroatoms. The Bertz CT molecular complexity index is 738. The van der Waals surface area contributed by atoms with Crippen LogP contribution in [0.3, 0.4) is 0 Å². The van der Waals surface area contributed by atoms with Crippen molar-refractivity contribution in [1.82, 2.24) is 9.97 Å². The van der Waals surface area contributed by atoms with Gasteiger partial charge in [-0.15, -0.1) is 11.8 Å². The number of hydrogen-bond acceptors (Lipinski definition) is 5. The van der Waals surface area contributed by atoms with E-state index in [0.717, 1.165) is 23.9 Å². The van der Waals surface area contributed by atoms with Crippen molar-refractivity contribution in [2.45, 2.75) is 23.9 Å². The van der Waals surface area contributed by atoms with Gasteiger partial charge in [0, 0.05) is 5.75 Å². The molecular formula is C14H11F3N4S. The lowest BCUT2D eigenvalue weighted by molar-refractivity contribution is -0.137. The Balaban J connectivity index is 2.23. The zero-order valence-corrected chi connectivity index (χ0v) is 12.3. The number of nitrogens with two attached hydrogens (primary N) is 1. The molecule has 0 bridgehead atoms. The normalized spacial score (nSPS) is 11.2. The molecule has 0 saturated heterocycles. The number of nitrogens with zero attached hydrogens (tertiary/aromatic N) is 3. The van der Waals surface area contributed by atoms with Gasteiger partial charge < -0.3 is 5.73 Å². The number of anilines is 1. The third kappa shape index (κ3) is 3.68. The number of benzene rings is 1. The number of halogens is 3. The number of aromatic nitrogens is 2. The summed E-state index contributed by atoms with van der Waals surface area (Å²) in [5, 5.41) is 9.47. The molecule has 2 aromatic rings. The summed E-state index contributed by atoms with van der Waals surface area (Å²) in [5.41, 5.74) is 6.05. The minimum absolute atomic E-state index is 0.0306. The van der Waals surface area contributed by atoms with E-state index in [1.807, 2.05) is 6.07 Å². The first-order valence-electron chi connectivity index (χ1n) is 6.14. The summed E-state index contributed by atoms with van der Waals surface area (Å²) in [4.78, 5) is 7.86. The highest BCUT2D eigenvalue weighted by molar-refractivity contribution is 7.98. The molecule has 0 unspecified atom stereocenters. The van der Waals surface area contributed by atoms with Gasteiger partial charge in [0.25, 0.3) is 0 Å². The maximum Gasteiger partial charge on any atom is 0.416 e. The summed E-state index contributed by atoms with van der Waals surface area (Å²) in [6.07, 6.45) is -4.38. The fourth-order valence-corrected chi connectivity index (χ4v) is 2.77. The lowest BCUT2D eigenvalue weighted by atomic mass is 10.1. The van der Waals surface area contributed by atoms with Gasteiger partial charge in [0.2, 0.25) is 5.95 Å². The Kier molecular flexibility index (Phi) is 4.56. The molecule has 0 spiro atoms. The quantitative estimate of drug-likeness (QED) is 0.690. The van der Waals surface area contributed by atoms with Crippen molar-refractivity contribution in [1.29, 1.82) is 5.26 Å². The van der Waals surface area contributed by atoms with Crippen LogP contribution >= 0.6 is 11.8 Å². The molecule has 0 aliphatic rings. The van der Waals surface area contributed by atoms with E-state index in [9.17, 15) is 13.2 Å². The minimum Gasteiger partial charge on any atom is -0.368 e. The van der Waals surface area contributed by atoms with Crippen LogP contribution in [-0.2, 0) is 11.9 Å². The predicted molar refractivity (Wildman–Crippen MR) is 76.9 cm³/mol. The monoisotopic (exact) mass is 324 g/mol. The number of alkyl halides is 3. The van der Waals surface area contributed by atoms with Gasteiger partial charge >= 0.3 is 6.18 Å². The average molecular weight is 324 g/mol. The molecule has 0 atom stereocenters. The first-order chi connectivity index (χ1) is 10.3. The van der Waals surface area contributed by atoms with Crippen molar-refractivity contribution in [2.24, 2.45) is 0 Å². The SMILES string of the molecule is Cc1nc(N)nc(SCc2cccc(C(F)(F)F)c2)c1C#N. The molecule has 0 aliphatic heterocycles. The number of thioether (sulfide) groups is 1. The fourth-order valence-electron chi connectivity index (χ4n) is 1.79. The van der Waals surface area contributed by atoms with Crippen molar-refractivity contribution in [2.75, 3.05) is 5.73 Å². The van der Waals surface area contributed by atoms with Gasteiger partial charge in [-0.05, 0) is 18.6 Å². The van der Waals surface area contributed by atoms with Gasteiger partial charge in [-0.2, -0.15) is 18.4 Å². The summed E-state index contributed by atoms with van der Waals surface area (Å²) < 4.78 is 38.0. The lowest BCUT2D eigenvalue weighted by Gasteiger charge is -2.09. The highest BCUT2D eigenvalue weighted by Crippen LogP contribution is 2.31. The Morgan fingerprint density at radius 2 is 2.05 bits per heavy atom. The molecule has 0 aliphatic carbocycles. The third-order valence-corrected chi connectivity index (χ3v) is 3.86. The van der Waals surface area contributed by atoms with E-state index in [0.29, 0.717) is 16.3 Å². The third-order valence-electron chi connectivity index (χ3n) is 2.82. The van der Waals surface area contributed by atoms with Crippen LogP contribution in [0.2, 0.25) is 0 Å². The van der Waals surface area contributed by atoms with E-state index in [-0.39, 0.29) is 17.3 Å². The molecular weight excluding hydrogens is 313 g/mol. The largest absolute Gasteiger partial charge is 0.416 e. The maximum absolute atomic E-state index is 12.7. The van der Waals surface area contributed by atoms with E-state index in [2.05, 4.69) is 9.97 Å². The standard InChI is InChI=1S/C14H11F3N4S/c1-8-11(6-18)12(21-13(19)20-8)22-7-9-3-2-4-10(5-9)14(15,16)17/h2-5H,7H2,1H3,(H2,19,20,21). The second-order valence-corrected chi connectivity index (χ2v) is 5.41. The Morgan fingerprint density at radius 1 is 1.32 bits per heavy atom. The second kappa shape index (κ2) is 6.23. The fraction of sp³-hybridized carbons (Fsp3) is 0.214. The van der Waals surface area contributed by atoms with Crippen LogP contribution in [-0.4, -0.2) is 9.97 Å². The molecule has 0 fully saturated rings. The molecule has 0 amide bonds. The predicted octanol–water partition coefficient (Wildman–Crippen LogP) is 3.55. The molecule has 114 valence electrons. The average Bonchev–Trinajstić information content (AvgIpc) is 2.44. The summed E-state index contributed by atoms with van der Waals surface area (Å²) in [6.45, 7) is 1.63. The van der Waals surface area contributed by atoms with Gasteiger partial charge in [-0.3, -0.25) is 0 Å². The van der Waals surface area contributed by atoms with E-state index in [1.165, 1.54) is 6.07 Å². The highest BCUT2D eigenvalue weighted by Gasteiger charge is 2.30. The van der Waals surface area contributed by atoms with E-state index in [1.54, 1.807) is 13.0 Å². The number of nitrogen functional groups attached to an aromatic ring is 1. The van der Waals surface area contributed by atoms with Crippen LogP contribution in [0.25, 0.3) is 0 Å². The highest BCUT2D eigenvalue weighted by atomic mass is 32.2. The van der Waals surface area contributed by atoms with Crippen LogP contribution in [0.15, 0.2) is 29.3 Å². The van der Waals surface area contributed by atoms with Crippen LogP contribution in [0.1, 0.15) is 22.4 Å². The first kappa shape index (κ1) is 16.1. The van der Waals surface area contributed by atoms with Crippen molar-refractivity contribution >= 4 is 17.7 Å². The lowest BCUT2D eigenvalue weighted by Crippen LogP contribution is -2.05. The molecule has 0 saturated carbocycles. The smallest absolute Gasteiger partial charge is 0.368 e. The summed E-state index contributed by atoms with van der Waals surface area (Å²) in [7, 11) is 0. The first-order valence-corrected chi connectivity index (χ1v) is 7.13. The Hall–Kier alpha value is -2.27. The second-order valence-electron chi connectivity index (χ2n) is 4.45. The number of aryl methyl sites for hydroxylation is 1. The number of hydrogen-bond donors (Lipinski definition) is 1. The van der Waals surface area contributed by atoms with E-state index in [4.69, 9.17) is 11.0 Å².